The molecular weight excluding hydrogens is 238 g/mol. The van der Waals surface area contributed by atoms with Gasteiger partial charge in [-0.1, -0.05) is 38.2 Å². The van der Waals surface area contributed by atoms with Crippen LogP contribution in [0.15, 0.2) is 18.2 Å². The van der Waals surface area contributed by atoms with Crippen molar-refractivity contribution in [1.82, 2.24) is 5.32 Å². The Labute approximate surface area is 115 Å². The molecule has 19 heavy (non-hydrogen) atoms. The molecule has 0 radical (unpaired) electrons. The molecule has 0 heterocycles. The molecule has 1 atom stereocenters. The van der Waals surface area contributed by atoms with Crippen LogP contribution in [0.1, 0.15) is 63.5 Å². The molecule has 3 heteroatoms. The van der Waals surface area contributed by atoms with E-state index < -0.39 is 0 Å². The maximum absolute atomic E-state index is 9.89. The smallest absolute Gasteiger partial charge is 0.124 e. The van der Waals surface area contributed by atoms with E-state index in [9.17, 15) is 10.2 Å². The van der Waals surface area contributed by atoms with Gasteiger partial charge in [0.15, 0.2) is 0 Å². The number of benzene rings is 1. The topological polar surface area (TPSA) is 52.5 Å². The summed E-state index contributed by atoms with van der Waals surface area (Å²) in [5.41, 5.74) is 0.861. The minimum Gasteiger partial charge on any atom is -0.508 e. The predicted molar refractivity (Wildman–Crippen MR) is 77.4 cm³/mol. The summed E-state index contributed by atoms with van der Waals surface area (Å²) >= 11 is 0. The fourth-order valence-electron chi connectivity index (χ4n) is 2.96. The summed E-state index contributed by atoms with van der Waals surface area (Å²) in [6.07, 6.45) is 9.11. The van der Waals surface area contributed by atoms with Crippen molar-refractivity contribution < 1.29 is 10.2 Å². The van der Waals surface area contributed by atoms with Crippen LogP contribution >= 0.6 is 0 Å². The quantitative estimate of drug-likeness (QED) is 0.776. The highest BCUT2D eigenvalue weighted by molar-refractivity contribution is 5.40. The molecule has 2 rings (SSSR count). The van der Waals surface area contributed by atoms with E-state index in [1.165, 1.54) is 51.0 Å². The molecule has 1 aliphatic rings. The van der Waals surface area contributed by atoms with Gasteiger partial charge in [0.05, 0.1) is 0 Å². The average molecular weight is 263 g/mol. The van der Waals surface area contributed by atoms with Crippen LogP contribution in [-0.4, -0.2) is 16.3 Å². The van der Waals surface area contributed by atoms with Crippen molar-refractivity contribution in [2.75, 3.05) is 0 Å². The van der Waals surface area contributed by atoms with Gasteiger partial charge in [0, 0.05) is 23.7 Å². The normalized spacial score (nSPS) is 19.6. The molecular formula is C16H25NO2. The molecule has 1 aromatic rings. The van der Waals surface area contributed by atoms with Crippen molar-refractivity contribution in [2.45, 2.75) is 64.0 Å². The van der Waals surface area contributed by atoms with Crippen LogP contribution in [0, 0.1) is 0 Å². The summed E-state index contributed by atoms with van der Waals surface area (Å²) in [7, 11) is 0. The van der Waals surface area contributed by atoms with Gasteiger partial charge in [-0.3, -0.25) is 0 Å². The Bertz CT molecular complexity index is 398. The first-order valence-corrected chi connectivity index (χ1v) is 7.45. The maximum Gasteiger partial charge on any atom is 0.124 e. The van der Waals surface area contributed by atoms with E-state index in [-0.39, 0.29) is 17.5 Å². The first-order chi connectivity index (χ1) is 9.16. The second kappa shape index (κ2) is 6.80. The van der Waals surface area contributed by atoms with E-state index in [0.29, 0.717) is 6.04 Å². The average Bonchev–Trinajstić information content (AvgIpc) is 2.32. The molecule has 0 aliphatic heterocycles. The third kappa shape index (κ3) is 4.13. The zero-order valence-corrected chi connectivity index (χ0v) is 11.7. The van der Waals surface area contributed by atoms with Crippen LogP contribution in [0.3, 0.4) is 0 Å². The van der Waals surface area contributed by atoms with Crippen molar-refractivity contribution >= 4 is 0 Å². The molecule has 1 aliphatic carbocycles. The highest BCUT2D eigenvalue weighted by Gasteiger charge is 2.17. The Morgan fingerprint density at radius 2 is 1.68 bits per heavy atom. The van der Waals surface area contributed by atoms with Crippen LogP contribution in [0.4, 0.5) is 0 Å². The van der Waals surface area contributed by atoms with E-state index in [1.54, 1.807) is 12.1 Å². The summed E-state index contributed by atoms with van der Waals surface area (Å²) in [5, 5.41) is 22.8. The Hall–Kier alpha value is -1.22. The second-order valence-corrected chi connectivity index (χ2v) is 5.67. The third-order valence-corrected chi connectivity index (χ3v) is 4.07. The molecule has 0 bridgehead atoms. The van der Waals surface area contributed by atoms with Crippen molar-refractivity contribution in [2.24, 2.45) is 0 Å². The van der Waals surface area contributed by atoms with E-state index in [4.69, 9.17) is 0 Å². The molecule has 0 aromatic heterocycles. The van der Waals surface area contributed by atoms with Crippen LogP contribution in [0.25, 0.3) is 0 Å². The van der Waals surface area contributed by atoms with Crippen LogP contribution in [-0.2, 0) is 0 Å². The number of nitrogens with one attached hydrogen (secondary N) is 1. The number of hydrogen-bond donors (Lipinski definition) is 3. The molecule has 1 aromatic carbocycles. The number of aromatic hydroxyl groups is 2. The van der Waals surface area contributed by atoms with Gasteiger partial charge < -0.3 is 15.5 Å². The Morgan fingerprint density at radius 3 is 2.32 bits per heavy atom. The summed E-state index contributed by atoms with van der Waals surface area (Å²) in [6, 6.07) is 5.50. The highest BCUT2D eigenvalue weighted by Crippen LogP contribution is 2.29. The molecule has 0 amide bonds. The van der Waals surface area contributed by atoms with Gasteiger partial charge in [-0.25, -0.2) is 0 Å². The van der Waals surface area contributed by atoms with Gasteiger partial charge in [0.2, 0.25) is 0 Å². The van der Waals surface area contributed by atoms with Gasteiger partial charge in [0.1, 0.15) is 11.5 Å². The fourth-order valence-corrected chi connectivity index (χ4v) is 2.96. The fraction of sp³-hybridized carbons (Fsp3) is 0.625. The highest BCUT2D eigenvalue weighted by atomic mass is 16.3. The summed E-state index contributed by atoms with van der Waals surface area (Å²) in [5.74, 6) is 0.283. The van der Waals surface area contributed by atoms with Crippen LogP contribution < -0.4 is 5.32 Å². The van der Waals surface area contributed by atoms with E-state index >= 15 is 0 Å². The van der Waals surface area contributed by atoms with Gasteiger partial charge in [-0.2, -0.15) is 0 Å². The van der Waals surface area contributed by atoms with Gasteiger partial charge in [-0.05, 0) is 25.8 Å². The van der Waals surface area contributed by atoms with Crippen molar-refractivity contribution in [1.29, 1.82) is 0 Å². The third-order valence-electron chi connectivity index (χ3n) is 4.07. The molecule has 3 N–H and O–H groups in total. The number of rotatable bonds is 3. The molecule has 3 nitrogen and oxygen atoms in total. The maximum atomic E-state index is 9.89. The van der Waals surface area contributed by atoms with Gasteiger partial charge in [0.25, 0.3) is 0 Å². The minimum atomic E-state index is 0.111. The lowest BCUT2D eigenvalue weighted by Gasteiger charge is -2.25. The lowest BCUT2D eigenvalue weighted by atomic mass is 9.95. The standard InChI is InChI=1S/C16H25NO2/c1-12(15-10-9-14(18)11-16(15)19)17-13-7-5-3-2-4-6-8-13/h9-13,17-19H,2-8H2,1H3. The molecule has 1 unspecified atom stereocenters. The molecule has 0 saturated heterocycles. The Kier molecular flexibility index (Phi) is 5.08. The van der Waals surface area contributed by atoms with Gasteiger partial charge in [-0.15, -0.1) is 0 Å². The van der Waals surface area contributed by atoms with Crippen molar-refractivity contribution in [3.8, 4) is 11.5 Å². The Morgan fingerprint density at radius 1 is 1.05 bits per heavy atom. The van der Waals surface area contributed by atoms with Crippen LogP contribution in [0.5, 0.6) is 11.5 Å². The zero-order chi connectivity index (χ0) is 13.7. The van der Waals surface area contributed by atoms with E-state index in [2.05, 4.69) is 12.2 Å². The molecule has 1 saturated carbocycles. The van der Waals surface area contributed by atoms with E-state index in [0.717, 1.165) is 5.56 Å². The van der Waals surface area contributed by atoms with Crippen molar-refractivity contribution in [3.63, 3.8) is 0 Å². The van der Waals surface area contributed by atoms with E-state index in [1.807, 2.05) is 0 Å². The zero-order valence-electron chi connectivity index (χ0n) is 11.7. The molecule has 1 fully saturated rings. The molecule has 106 valence electrons. The number of phenols is 2. The lowest BCUT2D eigenvalue weighted by Crippen LogP contribution is -2.32. The SMILES string of the molecule is CC(NC1CCCCCCC1)c1ccc(O)cc1O. The minimum absolute atomic E-state index is 0.111. The summed E-state index contributed by atoms with van der Waals surface area (Å²) in [4.78, 5) is 0. The largest absolute Gasteiger partial charge is 0.508 e. The summed E-state index contributed by atoms with van der Waals surface area (Å²) in [6.45, 7) is 2.07. The van der Waals surface area contributed by atoms with Crippen LogP contribution in [0.2, 0.25) is 0 Å². The second-order valence-electron chi connectivity index (χ2n) is 5.67. The first kappa shape index (κ1) is 14.2. The summed E-state index contributed by atoms with van der Waals surface area (Å²) < 4.78 is 0. The number of hydrogen-bond acceptors (Lipinski definition) is 3. The lowest BCUT2D eigenvalue weighted by molar-refractivity contribution is 0.356. The first-order valence-electron chi connectivity index (χ1n) is 7.45. The van der Waals surface area contributed by atoms with Gasteiger partial charge >= 0.3 is 0 Å². The molecule has 0 spiro atoms. The monoisotopic (exact) mass is 263 g/mol. The predicted octanol–water partition coefficient (Wildman–Crippen LogP) is 3.86. The number of phenolic OH excluding ortho intramolecular Hbond substituents is 2. The Balaban J connectivity index is 1.96. The van der Waals surface area contributed by atoms with Crippen molar-refractivity contribution in [3.05, 3.63) is 23.8 Å².